The van der Waals surface area contributed by atoms with E-state index in [0.717, 1.165) is 17.5 Å². The van der Waals surface area contributed by atoms with Gasteiger partial charge < -0.3 is 4.43 Å². The summed E-state index contributed by atoms with van der Waals surface area (Å²) in [5.74, 6) is 6.25. The van der Waals surface area contributed by atoms with Crippen LogP contribution in [-0.4, -0.2) is 20.1 Å². The third-order valence-electron chi connectivity index (χ3n) is 1.84. The second kappa shape index (κ2) is 11.5. The fourth-order valence-corrected chi connectivity index (χ4v) is 2.03. The summed E-state index contributed by atoms with van der Waals surface area (Å²) in [6.45, 7) is 5.42. The zero-order valence-electron chi connectivity index (χ0n) is 9.31. The zero-order valence-corrected chi connectivity index (χ0v) is 12.6. The molecule has 0 amide bonds. The normalized spacial score (nSPS) is 10.0. The predicted octanol–water partition coefficient (Wildman–Crippen LogP) is 3.38. The summed E-state index contributed by atoms with van der Waals surface area (Å²) in [5.41, 5.74) is 0. The van der Waals surface area contributed by atoms with Gasteiger partial charge in [0.05, 0.1) is 4.43 Å². The topological polar surface area (TPSA) is 9.23 Å². The van der Waals surface area contributed by atoms with Crippen LogP contribution in [0.4, 0.5) is 0 Å². The van der Waals surface area contributed by atoms with E-state index in [1.165, 1.54) is 25.7 Å². The van der Waals surface area contributed by atoms with Crippen molar-refractivity contribution >= 4 is 31.6 Å². The highest BCUT2D eigenvalue weighted by atomic mass is 127. The Hall–Kier alpha value is 0.467. The van der Waals surface area contributed by atoms with Gasteiger partial charge >= 0.3 is 0 Å². The van der Waals surface area contributed by atoms with Crippen molar-refractivity contribution in [3.8, 4) is 11.8 Å². The molecule has 0 atom stereocenters. The van der Waals surface area contributed by atoms with Gasteiger partial charge in [-0.1, -0.05) is 41.4 Å². The molecule has 0 fully saturated rings. The van der Waals surface area contributed by atoms with E-state index >= 15 is 0 Å². The molecule has 0 saturated heterocycles. The number of alkyl halides is 1. The molecule has 0 radical (unpaired) electrons. The lowest BCUT2D eigenvalue weighted by Gasteiger charge is -2.05. The van der Waals surface area contributed by atoms with E-state index in [-0.39, 0.29) is 0 Å². The largest absolute Gasteiger partial charge is 0.421 e. The zero-order chi connectivity index (χ0) is 10.6. The molecule has 1 nitrogen and oxygen atoms in total. The Morgan fingerprint density at radius 2 is 1.79 bits per heavy atom. The SMILES string of the molecule is C[SiH](C)OCCCCCCC#CCI. The number of unbranched alkanes of at least 4 members (excludes halogenated alkanes) is 4. The summed E-state index contributed by atoms with van der Waals surface area (Å²) < 4.78 is 6.56. The van der Waals surface area contributed by atoms with Gasteiger partial charge in [0.25, 0.3) is 0 Å². The molecule has 0 aliphatic carbocycles. The predicted molar refractivity (Wildman–Crippen MR) is 74.6 cm³/mol. The molecule has 14 heavy (non-hydrogen) atoms. The Bertz CT molecular complexity index is 172. The van der Waals surface area contributed by atoms with Crippen LogP contribution >= 0.6 is 22.6 Å². The number of hydrogen-bond donors (Lipinski definition) is 0. The monoisotopic (exact) mass is 324 g/mol. The highest BCUT2D eigenvalue weighted by Crippen LogP contribution is 2.02. The van der Waals surface area contributed by atoms with Crippen LogP contribution in [0.2, 0.25) is 13.1 Å². The van der Waals surface area contributed by atoms with E-state index < -0.39 is 9.04 Å². The minimum absolute atomic E-state index is 0.768. The van der Waals surface area contributed by atoms with Crippen LogP contribution in [0, 0.1) is 11.8 Å². The van der Waals surface area contributed by atoms with Crippen LogP contribution in [0.3, 0.4) is 0 Å². The molecule has 0 spiro atoms. The van der Waals surface area contributed by atoms with E-state index in [1.807, 2.05) is 0 Å². The smallest absolute Gasteiger partial charge is 0.170 e. The van der Waals surface area contributed by atoms with Crippen LogP contribution in [0.1, 0.15) is 32.1 Å². The summed E-state index contributed by atoms with van der Waals surface area (Å²) in [6, 6.07) is 0. The van der Waals surface area contributed by atoms with Gasteiger partial charge in [0.2, 0.25) is 0 Å². The lowest BCUT2D eigenvalue weighted by molar-refractivity contribution is 0.312. The Morgan fingerprint density at radius 3 is 2.43 bits per heavy atom. The summed E-state index contributed by atoms with van der Waals surface area (Å²) in [4.78, 5) is 0. The van der Waals surface area contributed by atoms with Gasteiger partial charge in [0.15, 0.2) is 9.04 Å². The fraction of sp³-hybridized carbons (Fsp3) is 0.818. The molecule has 0 unspecified atom stereocenters. The van der Waals surface area contributed by atoms with Gasteiger partial charge in [0, 0.05) is 13.0 Å². The molecule has 0 aromatic heterocycles. The molecular weight excluding hydrogens is 303 g/mol. The van der Waals surface area contributed by atoms with E-state index in [4.69, 9.17) is 4.43 Å². The van der Waals surface area contributed by atoms with Crippen molar-refractivity contribution in [3.05, 3.63) is 0 Å². The van der Waals surface area contributed by atoms with E-state index in [9.17, 15) is 0 Å². The van der Waals surface area contributed by atoms with Crippen molar-refractivity contribution in [2.75, 3.05) is 11.0 Å². The summed E-state index contributed by atoms with van der Waals surface area (Å²) >= 11 is 2.29. The van der Waals surface area contributed by atoms with E-state index in [1.54, 1.807) is 0 Å². The summed E-state index contributed by atoms with van der Waals surface area (Å²) in [7, 11) is -0.768. The van der Waals surface area contributed by atoms with Gasteiger partial charge in [-0.3, -0.25) is 0 Å². The molecule has 82 valence electrons. The van der Waals surface area contributed by atoms with Gasteiger partial charge in [0.1, 0.15) is 0 Å². The van der Waals surface area contributed by atoms with Gasteiger partial charge in [-0.2, -0.15) is 0 Å². The maximum absolute atomic E-state index is 5.60. The molecule has 0 saturated carbocycles. The first kappa shape index (κ1) is 14.5. The molecule has 0 aliphatic heterocycles. The average Bonchev–Trinajstić information content (AvgIpc) is 2.15. The number of halogens is 1. The Balaban J connectivity index is 2.99. The maximum atomic E-state index is 5.60. The first-order valence-corrected chi connectivity index (χ1v) is 9.71. The van der Waals surface area contributed by atoms with Gasteiger partial charge in [-0.15, -0.1) is 5.92 Å². The number of rotatable bonds is 7. The molecule has 0 heterocycles. The fourth-order valence-electron chi connectivity index (χ4n) is 1.12. The van der Waals surface area contributed by atoms with Crippen molar-refractivity contribution in [3.63, 3.8) is 0 Å². The van der Waals surface area contributed by atoms with Crippen molar-refractivity contribution in [2.45, 2.75) is 45.2 Å². The molecule has 0 aromatic carbocycles. The Morgan fingerprint density at radius 1 is 1.07 bits per heavy atom. The Labute approximate surface area is 104 Å². The average molecular weight is 324 g/mol. The van der Waals surface area contributed by atoms with Crippen molar-refractivity contribution in [1.82, 2.24) is 0 Å². The minimum atomic E-state index is -0.768. The molecule has 0 aromatic rings. The van der Waals surface area contributed by atoms with Crippen LogP contribution in [-0.2, 0) is 4.43 Å². The van der Waals surface area contributed by atoms with Crippen molar-refractivity contribution < 1.29 is 4.43 Å². The lowest BCUT2D eigenvalue weighted by atomic mass is 10.1. The first-order chi connectivity index (χ1) is 6.77. The van der Waals surface area contributed by atoms with Crippen molar-refractivity contribution in [2.24, 2.45) is 0 Å². The van der Waals surface area contributed by atoms with E-state index in [0.29, 0.717) is 0 Å². The molecule has 3 heteroatoms. The highest BCUT2D eigenvalue weighted by Gasteiger charge is 1.94. The van der Waals surface area contributed by atoms with E-state index in [2.05, 4.69) is 47.5 Å². The van der Waals surface area contributed by atoms with Crippen LogP contribution < -0.4 is 0 Å². The quantitative estimate of drug-likeness (QED) is 0.229. The highest BCUT2D eigenvalue weighted by molar-refractivity contribution is 14.1. The maximum Gasteiger partial charge on any atom is 0.170 e. The number of hydrogen-bond acceptors (Lipinski definition) is 1. The van der Waals surface area contributed by atoms with Crippen molar-refractivity contribution in [1.29, 1.82) is 0 Å². The second-order valence-electron chi connectivity index (χ2n) is 3.57. The summed E-state index contributed by atoms with van der Waals surface area (Å²) in [6.07, 6.45) is 6.16. The third-order valence-corrected chi connectivity index (χ3v) is 3.12. The molecule has 0 bridgehead atoms. The second-order valence-corrected chi connectivity index (χ2v) is 6.76. The lowest BCUT2D eigenvalue weighted by Crippen LogP contribution is -2.08. The molecule has 0 aliphatic rings. The minimum Gasteiger partial charge on any atom is -0.421 e. The standard InChI is InChI=1S/C11H21IOSi/c1-14(2)13-11-9-7-5-3-4-6-8-10-12/h14H,3-5,7,9-11H2,1-2H3. The van der Waals surface area contributed by atoms with Crippen LogP contribution in [0.15, 0.2) is 0 Å². The molecule has 0 rings (SSSR count). The molecular formula is C11H21IOSi. The van der Waals surface area contributed by atoms with Crippen LogP contribution in [0.25, 0.3) is 0 Å². The molecule has 0 N–H and O–H groups in total. The van der Waals surface area contributed by atoms with Gasteiger partial charge in [-0.25, -0.2) is 0 Å². The Kier molecular flexibility index (Phi) is 11.9. The summed E-state index contributed by atoms with van der Waals surface area (Å²) in [5, 5.41) is 0. The van der Waals surface area contributed by atoms with Gasteiger partial charge in [-0.05, 0) is 25.9 Å². The third kappa shape index (κ3) is 12.5. The first-order valence-electron chi connectivity index (χ1n) is 5.40. The van der Waals surface area contributed by atoms with Crippen LogP contribution in [0.5, 0.6) is 0 Å².